The Morgan fingerprint density at radius 2 is 1.75 bits per heavy atom. The van der Waals surface area contributed by atoms with E-state index in [4.69, 9.17) is 10.5 Å². The highest BCUT2D eigenvalue weighted by Crippen LogP contribution is 2.25. The topological polar surface area (TPSA) is 35.2 Å². The molecule has 2 aromatic rings. The molecule has 0 aliphatic heterocycles. The van der Waals surface area contributed by atoms with E-state index in [0.717, 1.165) is 12.0 Å². The predicted octanol–water partition coefficient (Wildman–Crippen LogP) is 3.99. The van der Waals surface area contributed by atoms with Gasteiger partial charge in [-0.15, -0.1) is 0 Å². The van der Waals surface area contributed by atoms with Gasteiger partial charge in [0.15, 0.2) is 0 Å². The first-order chi connectivity index (χ1) is 9.60. The van der Waals surface area contributed by atoms with E-state index >= 15 is 0 Å². The Bertz CT molecular complexity index is 564. The molecule has 106 valence electrons. The molecule has 3 heteroatoms. The lowest BCUT2D eigenvalue weighted by molar-refractivity contribution is 0.301. The van der Waals surface area contributed by atoms with Crippen molar-refractivity contribution in [1.82, 2.24) is 0 Å². The van der Waals surface area contributed by atoms with Crippen LogP contribution in [0.5, 0.6) is 5.75 Å². The molecule has 2 aromatic carbocycles. The molecule has 0 aliphatic carbocycles. The standard InChI is InChI=1S/C17H20FNO/c1-3-13-4-6-14(7-5-13)11-20-17-9-8-15(18)10-16(17)12(2)19/h4-10,12H,3,11,19H2,1-2H3/t12-/m1/s1. The van der Waals surface area contributed by atoms with Crippen molar-refractivity contribution in [3.63, 3.8) is 0 Å². The SMILES string of the molecule is CCc1ccc(COc2ccc(F)cc2[C@@H](C)N)cc1. The molecule has 2 N–H and O–H groups in total. The second-order valence-electron chi connectivity index (χ2n) is 4.93. The van der Waals surface area contributed by atoms with Crippen LogP contribution in [0.1, 0.15) is 36.6 Å². The van der Waals surface area contributed by atoms with Gasteiger partial charge in [-0.05, 0) is 42.7 Å². The van der Waals surface area contributed by atoms with Crippen LogP contribution in [0.2, 0.25) is 0 Å². The summed E-state index contributed by atoms with van der Waals surface area (Å²) in [6.07, 6.45) is 1.02. The van der Waals surface area contributed by atoms with E-state index in [1.807, 2.05) is 19.1 Å². The van der Waals surface area contributed by atoms with Crippen LogP contribution in [-0.4, -0.2) is 0 Å². The summed E-state index contributed by atoms with van der Waals surface area (Å²) in [7, 11) is 0. The van der Waals surface area contributed by atoms with Gasteiger partial charge in [0.25, 0.3) is 0 Å². The zero-order valence-electron chi connectivity index (χ0n) is 11.9. The molecule has 2 nitrogen and oxygen atoms in total. The van der Waals surface area contributed by atoms with Crippen molar-refractivity contribution >= 4 is 0 Å². The zero-order chi connectivity index (χ0) is 14.5. The summed E-state index contributed by atoms with van der Waals surface area (Å²) < 4.78 is 19.0. The minimum absolute atomic E-state index is 0.261. The highest BCUT2D eigenvalue weighted by Gasteiger charge is 2.09. The van der Waals surface area contributed by atoms with Crippen molar-refractivity contribution in [1.29, 1.82) is 0 Å². The molecular formula is C17H20FNO. The smallest absolute Gasteiger partial charge is 0.124 e. The lowest BCUT2D eigenvalue weighted by atomic mass is 10.1. The van der Waals surface area contributed by atoms with E-state index in [1.54, 1.807) is 6.07 Å². The Labute approximate surface area is 119 Å². The van der Waals surface area contributed by atoms with Gasteiger partial charge in [0.05, 0.1) is 0 Å². The van der Waals surface area contributed by atoms with Gasteiger partial charge in [-0.1, -0.05) is 31.2 Å². The summed E-state index contributed by atoms with van der Waals surface area (Å²) in [5.74, 6) is 0.345. The fourth-order valence-corrected chi connectivity index (χ4v) is 2.04. The molecular weight excluding hydrogens is 253 g/mol. The van der Waals surface area contributed by atoms with Gasteiger partial charge in [0.2, 0.25) is 0 Å². The van der Waals surface area contributed by atoms with Gasteiger partial charge in [-0.3, -0.25) is 0 Å². The average molecular weight is 273 g/mol. The number of halogens is 1. The molecule has 20 heavy (non-hydrogen) atoms. The van der Waals surface area contributed by atoms with Gasteiger partial charge in [0, 0.05) is 11.6 Å². The summed E-state index contributed by atoms with van der Waals surface area (Å²) in [5.41, 5.74) is 8.92. The van der Waals surface area contributed by atoms with Crippen molar-refractivity contribution < 1.29 is 9.13 Å². The number of aryl methyl sites for hydroxylation is 1. The van der Waals surface area contributed by atoms with Gasteiger partial charge in [0.1, 0.15) is 18.2 Å². The Morgan fingerprint density at radius 1 is 1.10 bits per heavy atom. The minimum Gasteiger partial charge on any atom is -0.489 e. The summed E-state index contributed by atoms with van der Waals surface area (Å²) in [6.45, 7) is 4.39. The molecule has 0 heterocycles. The van der Waals surface area contributed by atoms with Gasteiger partial charge >= 0.3 is 0 Å². The van der Waals surface area contributed by atoms with E-state index in [9.17, 15) is 4.39 Å². The minimum atomic E-state index is -0.294. The van der Waals surface area contributed by atoms with Gasteiger partial charge in [-0.2, -0.15) is 0 Å². The molecule has 0 unspecified atom stereocenters. The maximum Gasteiger partial charge on any atom is 0.124 e. The first kappa shape index (κ1) is 14.5. The molecule has 0 radical (unpaired) electrons. The van der Waals surface area contributed by atoms with Crippen LogP contribution in [0.3, 0.4) is 0 Å². The number of nitrogens with two attached hydrogens (primary N) is 1. The van der Waals surface area contributed by atoms with Gasteiger partial charge in [-0.25, -0.2) is 4.39 Å². The summed E-state index contributed by atoms with van der Waals surface area (Å²) in [6, 6.07) is 12.5. The number of hydrogen-bond donors (Lipinski definition) is 1. The second kappa shape index (κ2) is 6.53. The van der Waals surface area contributed by atoms with Crippen molar-refractivity contribution in [3.05, 3.63) is 65.0 Å². The molecule has 1 atom stereocenters. The predicted molar refractivity (Wildman–Crippen MR) is 79.2 cm³/mol. The number of hydrogen-bond acceptors (Lipinski definition) is 2. The van der Waals surface area contributed by atoms with Gasteiger partial charge < -0.3 is 10.5 Å². The number of rotatable bonds is 5. The van der Waals surface area contributed by atoms with Crippen LogP contribution < -0.4 is 10.5 Å². The molecule has 0 bridgehead atoms. The van der Waals surface area contributed by atoms with Crippen LogP contribution in [-0.2, 0) is 13.0 Å². The molecule has 0 saturated heterocycles. The Balaban J connectivity index is 2.10. The van der Waals surface area contributed by atoms with E-state index in [1.165, 1.54) is 17.7 Å². The molecule has 0 spiro atoms. The fraction of sp³-hybridized carbons (Fsp3) is 0.294. The Hall–Kier alpha value is -1.87. The molecule has 0 saturated carbocycles. The first-order valence-corrected chi connectivity index (χ1v) is 6.85. The van der Waals surface area contributed by atoms with Crippen LogP contribution >= 0.6 is 0 Å². The maximum absolute atomic E-state index is 13.2. The Kier molecular flexibility index (Phi) is 4.74. The van der Waals surface area contributed by atoms with Crippen LogP contribution in [0, 0.1) is 5.82 Å². The molecule has 2 rings (SSSR count). The quantitative estimate of drug-likeness (QED) is 0.894. The number of ether oxygens (including phenoxy) is 1. The van der Waals surface area contributed by atoms with E-state index in [2.05, 4.69) is 19.1 Å². The third-order valence-electron chi connectivity index (χ3n) is 3.29. The van der Waals surface area contributed by atoms with E-state index < -0.39 is 0 Å². The monoisotopic (exact) mass is 273 g/mol. The molecule has 0 aliphatic rings. The summed E-state index contributed by atoms with van der Waals surface area (Å²) in [4.78, 5) is 0. The summed E-state index contributed by atoms with van der Waals surface area (Å²) >= 11 is 0. The average Bonchev–Trinajstić information content (AvgIpc) is 2.46. The van der Waals surface area contributed by atoms with Crippen LogP contribution in [0.25, 0.3) is 0 Å². The number of benzene rings is 2. The highest BCUT2D eigenvalue weighted by atomic mass is 19.1. The lowest BCUT2D eigenvalue weighted by Gasteiger charge is -2.14. The maximum atomic E-state index is 13.2. The van der Waals surface area contributed by atoms with E-state index in [-0.39, 0.29) is 11.9 Å². The summed E-state index contributed by atoms with van der Waals surface area (Å²) in [5, 5.41) is 0. The normalized spacial score (nSPS) is 12.2. The van der Waals surface area contributed by atoms with Crippen molar-refractivity contribution in [2.24, 2.45) is 5.73 Å². The third-order valence-corrected chi connectivity index (χ3v) is 3.29. The molecule has 0 amide bonds. The van der Waals surface area contributed by atoms with Crippen LogP contribution in [0.15, 0.2) is 42.5 Å². The second-order valence-corrected chi connectivity index (χ2v) is 4.93. The highest BCUT2D eigenvalue weighted by molar-refractivity contribution is 5.36. The molecule has 0 fully saturated rings. The lowest BCUT2D eigenvalue weighted by Crippen LogP contribution is -2.08. The van der Waals surface area contributed by atoms with Crippen molar-refractivity contribution in [2.75, 3.05) is 0 Å². The van der Waals surface area contributed by atoms with Crippen molar-refractivity contribution in [2.45, 2.75) is 32.9 Å². The van der Waals surface area contributed by atoms with E-state index in [0.29, 0.717) is 17.9 Å². The fourth-order valence-electron chi connectivity index (χ4n) is 2.04. The Morgan fingerprint density at radius 3 is 2.35 bits per heavy atom. The largest absolute Gasteiger partial charge is 0.489 e. The first-order valence-electron chi connectivity index (χ1n) is 6.85. The van der Waals surface area contributed by atoms with Crippen LogP contribution in [0.4, 0.5) is 4.39 Å². The molecule has 0 aromatic heterocycles. The zero-order valence-corrected chi connectivity index (χ0v) is 11.9. The third kappa shape index (κ3) is 3.58. The van der Waals surface area contributed by atoms with Crippen molar-refractivity contribution in [3.8, 4) is 5.75 Å².